The highest BCUT2D eigenvalue weighted by Crippen LogP contribution is 2.05. The number of hydrogen-bond donors (Lipinski definition) is 2. The van der Waals surface area contributed by atoms with E-state index in [1.54, 1.807) is 0 Å². The van der Waals surface area contributed by atoms with Crippen LogP contribution in [0.1, 0.15) is 19.2 Å². The van der Waals surface area contributed by atoms with Gasteiger partial charge in [-0.2, -0.15) is 0 Å². The van der Waals surface area contributed by atoms with Crippen molar-refractivity contribution >= 4 is 5.65 Å². The maximum atomic E-state index is 5.48. The summed E-state index contributed by atoms with van der Waals surface area (Å²) < 4.78 is 7.53. The molecule has 1 fully saturated rings. The molecule has 0 saturated carbocycles. The van der Waals surface area contributed by atoms with E-state index in [0.29, 0.717) is 12.1 Å². The van der Waals surface area contributed by atoms with Crippen LogP contribution in [0.5, 0.6) is 0 Å². The summed E-state index contributed by atoms with van der Waals surface area (Å²) in [5.74, 6) is 1.00. The summed E-state index contributed by atoms with van der Waals surface area (Å²) in [7, 11) is 0. The zero-order valence-electron chi connectivity index (χ0n) is 12.5. The van der Waals surface area contributed by atoms with Gasteiger partial charge in [0.1, 0.15) is 5.82 Å². The number of aromatic nitrogens is 3. The summed E-state index contributed by atoms with van der Waals surface area (Å²) in [4.78, 5) is 0. The summed E-state index contributed by atoms with van der Waals surface area (Å²) in [5.41, 5.74) is 0.907. The SMILES string of the molecule is CC(CC1COCCN1)NCCc1nnc2ccccn12. The number of rotatable bonds is 6. The Kier molecular flexibility index (Phi) is 4.80. The van der Waals surface area contributed by atoms with E-state index >= 15 is 0 Å². The number of fused-ring (bicyclic) bond motifs is 1. The Balaban J connectivity index is 1.45. The van der Waals surface area contributed by atoms with E-state index in [0.717, 1.165) is 50.6 Å². The Morgan fingerprint density at radius 1 is 1.48 bits per heavy atom. The van der Waals surface area contributed by atoms with Gasteiger partial charge in [-0.25, -0.2) is 0 Å². The van der Waals surface area contributed by atoms with Crippen LogP contribution in [0.4, 0.5) is 0 Å². The van der Waals surface area contributed by atoms with Gasteiger partial charge >= 0.3 is 0 Å². The van der Waals surface area contributed by atoms with Gasteiger partial charge in [-0.1, -0.05) is 6.07 Å². The van der Waals surface area contributed by atoms with Gasteiger partial charge in [0.15, 0.2) is 5.65 Å². The number of morpholine rings is 1. The predicted molar refractivity (Wildman–Crippen MR) is 81.4 cm³/mol. The number of ether oxygens (including phenoxy) is 1. The summed E-state index contributed by atoms with van der Waals surface area (Å²) in [6.07, 6.45) is 3.97. The highest BCUT2D eigenvalue weighted by molar-refractivity contribution is 5.36. The summed E-state index contributed by atoms with van der Waals surface area (Å²) >= 11 is 0. The predicted octanol–water partition coefficient (Wildman–Crippen LogP) is 0.628. The molecule has 2 aromatic rings. The quantitative estimate of drug-likeness (QED) is 0.816. The summed E-state index contributed by atoms with van der Waals surface area (Å²) in [5, 5.41) is 15.5. The molecule has 1 aliphatic heterocycles. The van der Waals surface area contributed by atoms with Crippen molar-refractivity contribution in [3.8, 4) is 0 Å². The average molecular weight is 289 g/mol. The van der Waals surface area contributed by atoms with Gasteiger partial charge in [0.25, 0.3) is 0 Å². The molecule has 3 rings (SSSR count). The Hall–Kier alpha value is -1.50. The van der Waals surface area contributed by atoms with Crippen molar-refractivity contribution in [3.63, 3.8) is 0 Å². The molecule has 6 heteroatoms. The zero-order chi connectivity index (χ0) is 14.5. The van der Waals surface area contributed by atoms with Crippen molar-refractivity contribution in [3.05, 3.63) is 30.2 Å². The van der Waals surface area contributed by atoms with Crippen molar-refractivity contribution in [2.75, 3.05) is 26.3 Å². The topological polar surface area (TPSA) is 63.5 Å². The van der Waals surface area contributed by atoms with Gasteiger partial charge in [0.05, 0.1) is 13.2 Å². The molecule has 2 unspecified atom stereocenters. The van der Waals surface area contributed by atoms with E-state index in [4.69, 9.17) is 4.74 Å². The Morgan fingerprint density at radius 2 is 2.43 bits per heavy atom. The fourth-order valence-electron chi connectivity index (χ4n) is 2.77. The number of nitrogens with one attached hydrogen (secondary N) is 2. The van der Waals surface area contributed by atoms with Gasteiger partial charge in [0.2, 0.25) is 0 Å². The van der Waals surface area contributed by atoms with Crippen LogP contribution < -0.4 is 10.6 Å². The van der Waals surface area contributed by atoms with E-state index in [-0.39, 0.29) is 0 Å². The molecule has 0 amide bonds. The number of hydrogen-bond acceptors (Lipinski definition) is 5. The van der Waals surface area contributed by atoms with E-state index < -0.39 is 0 Å². The standard InChI is InChI=1S/C15H23N5O/c1-12(10-13-11-21-9-7-17-13)16-6-5-15-19-18-14-4-2-3-8-20(14)15/h2-4,8,12-13,16-17H,5-7,9-11H2,1H3. The first kappa shape index (κ1) is 14.4. The van der Waals surface area contributed by atoms with Crippen LogP contribution in [0.2, 0.25) is 0 Å². The third-order valence-electron chi connectivity index (χ3n) is 3.86. The maximum Gasteiger partial charge on any atom is 0.160 e. The summed E-state index contributed by atoms with van der Waals surface area (Å²) in [6, 6.07) is 6.89. The first-order valence-electron chi connectivity index (χ1n) is 7.66. The van der Waals surface area contributed by atoms with E-state index in [1.807, 2.05) is 28.8 Å². The number of pyridine rings is 1. The van der Waals surface area contributed by atoms with Gasteiger partial charge in [-0.15, -0.1) is 10.2 Å². The Bertz CT molecular complexity index is 564. The molecule has 21 heavy (non-hydrogen) atoms. The third kappa shape index (κ3) is 3.78. The molecule has 1 aliphatic rings. The second kappa shape index (κ2) is 6.98. The molecule has 0 bridgehead atoms. The van der Waals surface area contributed by atoms with E-state index in [2.05, 4.69) is 27.8 Å². The van der Waals surface area contributed by atoms with Crippen molar-refractivity contribution in [1.82, 2.24) is 25.2 Å². The normalized spacial score (nSPS) is 20.7. The Labute approximate surface area is 124 Å². The average Bonchev–Trinajstić information content (AvgIpc) is 2.92. The van der Waals surface area contributed by atoms with Crippen molar-refractivity contribution < 1.29 is 4.74 Å². The van der Waals surface area contributed by atoms with Gasteiger partial charge < -0.3 is 15.4 Å². The molecule has 0 aliphatic carbocycles. The minimum Gasteiger partial charge on any atom is -0.379 e. The second-order valence-corrected chi connectivity index (χ2v) is 5.61. The molecule has 2 aromatic heterocycles. The minimum atomic E-state index is 0.461. The fourth-order valence-corrected chi connectivity index (χ4v) is 2.77. The summed E-state index contributed by atoms with van der Waals surface area (Å²) in [6.45, 7) is 5.74. The van der Waals surface area contributed by atoms with Crippen LogP contribution in [0, 0.1) is 0 Å². The van der Waals surface area contributed by atoms with Crippen LogP contribution in [-0.4, -0.2) is 53.0 Å². The van der Waals surface area contributed by atoms with Crippen LogP contribution in [-0.2, 0) is 11.2 Å². The monoisotopic (exact) mass is 289 g/mol. The molecular weight excluding hydrogens is 266 g/mol. The van der Waals surface area contributed by atoms with Crippen molar-refractivity contribution in [2.24, 2.45) is 0 Å². The lowest BCUT2D eigenvalue weighted by Crippen LogP contribution is -2.45. The number of nitrogens with zero attached hydrogens (tertiary/aromatic N) is 3. The lowest BCUT2D eigenvalue weighted by atomic mass is 10.1. The highest BCUT2D eigenvalue weighted by Gasteiger charge is 2.16. The second-order valence-electron chi connectivity index (χ2n) is 5.61. The lowest BCUT2D eigenvalue weighted by Gasteiger charge is -2.26. The van der Waals surface area contributed by atoms with Crippen molar-refractivity contribution in [2.45, 2.75) is 31.8 Å². The van der Waals surface area contributed by atoms with E-state index in [1.165, 1.54) is 0 Å². The third-order valence-corrected chi connectivity index (χ3v) is 3.86. The molecule has 3 heterocycles. The molecule has 2 N–H and O–H groups in total. The van der Waals surface area contributed by atoms with Gasteiger partial charge in [-0.3, -0.25) is 4.40 Å². The molecular formula is C15H23N5O. The first-order valence-corrected chi connectivity index (χ1v) is 7.66. The molecule has 2 atom stereocenters. The molecule has 1 saturated heterocycles. The van der Waals surface area contributed by atoms with Gasteiger partial charge in [0, 0.05) is 37.8 Å². The largest absolute Gasteiger partial charge is 0.379 e. The Morgan fingerprint density at radius 3 is 3.29 bits per heavy atom. The van der Waals surface area contributed by atoms with Crippen LogP contribution in [0.15, 0.2) is 24.4 Å². The lowest BCUT2D eigenvalue weighted by molar-refractivity contribution is 0.0713. The molecule has 0 radical (unpaired) electrons. The van der Waals surface area contributed by atoms with Crippen molar-refractivity contribution in [1.29, 1.82) is 0 Å². The van der Waals surface area contributed by atoms with E-state index in [9.17, 15) is 0 Å². The molecule has 114 valence electrons. The van der Waals surface area contributed by atoms with Gasteiger partial charge in [-0.05, 0) is 25.5 Å². The first-order chi connectivity index (χ1) is 10.3. The smallest absolute Gasteiger partial charge is 0.160 e. The molecule has 6 nitrogen and oxygen atoms in total. The fraction of sp³-hybridized carbons (Fsp3) is 0.600. The minimum absolute atomic E-state index is 0.461. The van der Waals surface area contributed by atoms with Crippen LogP contribution >= 0.6 is 0 Å². The van der Waals surface area contributed by atoms with Crippen LogP contribution in [0.25, 0.3) is 5.65 Å². The van der Waals surface area contributed by atoms with Crippen LogP contribution in [0.3, 0.4) is 0 Å². The highest BCUT2D eigenvalue weighted by atomic mass is 16.5. The maximum absolute atomic E-state index is 5.48. The molecule has 0 spiro atoms. The molecule has 0 aromatic carbocycles. The zero-order valence-corrected chi connectivity index (χ0v) is 12.5.